The van der Waals surface area contributed by atoms with Gasteiger partial charge in [0.1, 0.15) is 0 Å². The summed E-state index contributed by atoms with van der Waals surface area (Å²) in [7, 11) is 0. The smallest absolute Gasteiger partial charge is 0.550 e. The molecule has 0 radical (unpaired) electrons. The van der Waals surface area contributed by atoms with Crippen molar-refractivity contribution in [3.63, 3.8) is 0 Å². The maximum absolute atomic E-state index is 9.61. The number of carboxylic acid groups (broad SMARTS) is 2. The number of hydrogen-bond donors (Lipinski definition) is 0. The largest absolute Gasteiger partial charge is 2.00 e. The second-order valence-electron chi connectivity index (χ2n) is 2.71. The number of aliphatic carboxylic acids is 2. The average molecular weight is 308 g/mol. The number of carbonyl (C=O) groups is 2. The van der Waals surface area contributed by atoms with Crippen molar-refractivity contribution in [1.82, 2.24) is 0 Å². The maximum atomic E-state index is 9.61. The number of hydrogen-bond acceptors (Lipinski definition) is 4. The summed E-state index contributed by atoms with van der Waals surface area (Å²) in [5.41, 5.74) is 0. The summed E-state index contributed by atoms with van der Waals surface area (Å²) in [4.78, 5) is 19.2. The summed E-state index contributed by atoms with van der Waals surface area (Å²) in [5.74, 6) is -2.19. The van der Waals surface area contributed by atoms with Crippen LogP contribution in [0.15, 0.2) is 0 Å². The third-order valence-corrected chi connectivity index (χ3v) is 1.20. The molecule has 7 heteroatoms. The molecular formula is C8H12Cl2O4Zn. The first-order valence-corrected chi connectivity index (χ1v) is 4.80. The Labute approximate surface area is 112 Å². The van der Waals surface area contributed by atoms with E-state index in [0.29, 0.717) is 0 Å². The monoisotopic (exact) mass is 306 g/mol. The molecule has 0 aliphatic rings. The van der Waals surface area contributed by atoms with Crippen molar-refractivity contribution in [1.29, 1.82) is 0 Å². The predicted molar refractivity (Wildman–Crippen MR) is 49.9 cm³/mol. The Kier molecular flexibility index (Phi) is 16.7. The SMILES string of the molecule is CC(Cl)CC(=O)[O-].CC(Cl)CC(=O)[O-].[Zn+2]. The van der Waals surface area contributed by atoms with Gasteiger partial charge < -0.3 is 19.8 Å². The van der Waals surface area contributed by atoms with Crippen LogP contribution in [-0.4, -0.2) is 22.7 Å². The topological polar surface area (TPSA) is 80.3 Å². The molecule has 4 nitrogen and oxygen atoms in total. The molecule has 0 rings (SSSR count). The Morgan fingerprint density at radius 1 is 1.00 bits per heavy atom. The van der Waals surface area contributed by atoms with E-state index in [-0.39, 0.29) is 43.1 Å². The fraction of sp³-hybridized carbons (Fsp3) is 0.750. The quantitative estimate of drug-likeness (QED) is 0.518. The van der Waals surface area contributed by atoms with Crippen LogP contribution in [0.2, 0.25) is 0 Å². The molecule has 0 spiro atoms. The zero-order chi connectivity index (χ0) is 11.7. The van der Waals surface area contributed by atoms with Crippen molar-refractivity contribution in [3.8, 4) is 0 Å². The van der Waals surface area contributed by atoms with Crippen molar-refractivity contribution in [2.45, 2.75) is 37.4 Å². The summed E-state index contributed by atoms with van der Waals surface area (Å²) in [6.45, 7) is 3.22. The van der Waals surface area contributed by atoms with Crippen molar-refractivity contribution < 1.29 is 39.3 Å². The van der Waals surface area contributed by atoms with E-state index >= 15 is 0 Å². The first-order chi connectivity index (χ1) is 6.25. The fourth-order valence-corrected chi connectivity index (χ4v) is 0.711. The van der Waals surface area contributed by atoms with Gasteiger partial charge in [-0.15, -0.1) is 23.2 Å². The molecule has 15 heavy (non-hydrogen) atoms. The van der Waals surface area contributed by atoms with Crippen LogP contribution < -0.4 is 10.2 Å². The van der Waals surface area contributed by atoms with Crippen LogP contribution in [-0.2, 0) is 29.1 Å². The minimum atomic E-state index is -1.09. The number of alkyl halides is 2. The molecule has 0 amide bonds. The minimum Gasteiger partial charge on any atom is -0.550 e. The first kappa shape index (κ1) is 20.5. The average Bonchev–Trinajstić information content (AvgIpc) is 1.79. The number of carbonyl (C=O) groups excluding carboxylic acids is 2. The van der Waals surface area contributed by atoms with Crippen LogP contribution in [0, 0.1) is 0 Å². The van der Waals surface area contributed by atoms with Crippen LogP contribution in [0.25, 0.3) is 0 Å². The van der Waals surface area contributed by atoms with Crippen LogP contribution in [0.1, 0.15) is 26.7 Å². The van der Waals surface area contributed by atoms with Gasteiger partial charge in [0.2, 0.25) is 0 Å². The van der Waals surface area contributed by atoms with Gasteiger partial charge in [-0.2, -0.15) is 0 Å². The number of rotatable bonds is 4. The van der Waals surface area contributed by atoms with Gasteiger partial charge in [-0.1, -0.05) is 0 Å². The van der Waals surface area contributed by atoms with Crippen molar-refractivity contribution in [2.75, 3.05) is 0 Å². The zero-order valence-corrected chi connectivity index (χ0v) is 13.1. The molecule has 0 bridgehead atoms. The van der Waals surface area contributed by atoms with Gasteiger partial charge in [-0.3, -0.25) is 0 Å². The summed E-state index contributed by atoms with van der Waals surface area (Å²) >= 11 is 10.5. The van der Waals surface area contributed by atoms with Crippen molar-refractivity contribution in [3.05, 3.63) is 0 Å². The van der Waals surface area contributed by atoms with E-state index in [2.05, 4.69) is 0 Å². The van der Waals surface area contributed by atoms with E-state index in [9.17, 15) is 19.8 Å². The van der Waals surface area contributed by atoms with E-state index in [0.717, 1.165) is 0 Å². The van der Waals surface area contributed by atoms with E-state index in [1.807, 2.05) is 0 Å². The molecule has 0 aliphatic carbocycles. The Morgan fingerprint density at radius 3 is 1.20 bits per heavy atom. The molecule has 0 aromatic rings. The Bertz CT molecular complexity index is 165. The summed E-state index contributed by atoms with van der Waals surface area (Å²) in [5, 5.41) is 18.6. The molecule has 0 fully saturated rings. The predicted octanol–water partition coefficient (Wildman–Crippen LogP) is -0.495. The first-order valence-electron chi connectivity index (χ1n) is 3.93. The number of halogens is 2. The molecule has 0 aliphatic heterocycles. The molecule has 84 valence electrons. The summed E-state index contributed by atoms with van der Waals surface area (Å²) in [6, 6.07) is 0. The molecule has 0 saturated heterocycles. The molecule has 0 heterocycles. The minimum absolute atomic E-state index is 0. The zero-order valence-electron chi connectivity index (χ0n) is 8.66. The summed E-state index contributed by atoms with van der Waals surface area (Å²) in [6.07, 6.45) is -0.136. The van der Waals surface area contributed by atoms with Gasteiger partial charge in [0.25, 0.3) is 0 Å². The van der Waals surface area contributed by atoms with E-state index < -0.39 is 11.9 Å². The van der Waals surface area contributed by atoms with Crippen molar-refractivity contribution in [2.24, 2.45) is 0 Å². The molecule has 0 N–H and O–H groups in total. The third kappa shape index (κ3) is 31.5. The van der Waals surface area contributed by atoms with E-state index in [1.54, 1.807) is 13.8 Å². The molecule has 2 unspecified atom stereocenters. The number of carboxylic acids is 2. The Morgan fingerprint density at radius 2 is 1.20 bits per heavy atom. The molecule has 0 aromatic carbocycles. The van der Waals surface area contributed by atoms with Crippen LogP contribution in [0.4, 0.5) is 0 Å². The van der Waals surface area contributed by atoms with Crippen LogP contribution in [0.3, 0.4) is 0 Å². The maximum Gasteiger partial charge on any atom is 2.00 e. The van der Waals surface area contributed by atoms with Crippen LogP contribution >= 0.6 is 23.2 Å². The molecule has 2 atom stereocenters. The van der Waals surface area contributed by atoms with Gasteiger partial charge in [-0.25, -0.2) is 0 Å². The molecule has 0 saturated carbocycles. The second kappa shape index (κ2) is 12.2. The standard InChI is InChI=1S/2C4H7ClO2.Zn/c2*1-3(5)2-4(6)7;/h2*3H,2H2,1H3,(H,6,7);/q;;+2/p-2. The van der Waals surface area contributed by atoms with Gasteiger partial charge in [0, 0.05) is 35.5 Å². The molecule has 0 aromatic heterocycles. The third-order valence-electron chi connectivity index (χ3n) is 0.896. The second-order valence-corrected chi connectivity index (χ2v) is 4.20. The van der Waals surface area contributed by atoms with Crippen LogP contribution in [0.5, 0.6) is 0 Å². The van der Waals surface area contributed by atoms with Gasteiger partial charge >= 0.3 is 19.5 Å². The Hall–Kier alpha value is 0.143. The fourth-order valence-electron chi connectivity index (χ4n) is 0.459. The normalized spacial score (nSPS) is 12.5. The van der Waals surface area contributed by atoms with Gasteiger partial charge in [0.15, 0.2) is 0 Å². The van der Waals surface area contributed by atoms with Gasteiger partial charge in [0.05, 0.1) is 0 Å². The summed E-state index contributed by atoms with van der Waals surface area (Å²) < 4.78 is 0. The van der Waals surface area contributed by atoms with Gasteiger partial charge in [-0.05, 0) is 13.8 Å². The Balaban J connectivity index is -0.000000180. The molecular weight excluding hydrogens is 296 g/mol. The van der Waals surface area contributed by atoms with E-state index in [4.69, 9.17) is 23.2 Å². The van der Waals surface area contributed by atoms with Crippen molar-refractivity contribution >= 4 is 35.1 Å². The van der Waals surface area contributed by atoms with E-state index in [1.165, 1.54) is 0 Å².